The van der Waals surface area contributed by atoms with Gasteiger partial charge in [0.05, 0.1) is 17.6 Å². The second-order valence-electron chi connectivity index (χ2n) is 6.75. The number of hydrogen-bond acceptors (Lipinski definition) is 6. The summed E-state index contributed by atoms with van der Waals surface area (Å²) in [6, 6.07) is 0. The fourth-order valence-corrected chi connectivity index (χ4v) is 4.05. The van der Waals surface area contributed by atoms with Crippen molar-refractivity contribution in [3.05, 3.63) is 17.0 Å². The predicted molar refractivity (Wildman–Crippen MR) is 124 cm³/mol. The molecule has 11 heteroatoms. The summed E-state index contributed by atoms with van der Waals surface area (Å²) in [5.74, 6) is 1.36. The zero-order valence-corrected chi connectivity index (χ0v) is 20.6. The van der Waals surface area contributed by atoms with Crippen molar-refractivity contribution in [1.82, 2.24) is 20.5 Å². The van der Waals surface area contributed by atoms with Gasteiger partial charge in [0, 0.05) is 45.3 Å². The maximum absolute atomic E-state index is 12.2. The molecule has 1 aromatic heterocycles. The predicted octanol–water partition coefficient (Wildman–Crippen LogP) is 1.57. The maximum atomic E-state index is 12.2. The highest BCUT2D eigenvalue weighted by molar-refractivity contribution is 14.0. The van der Waals surface area contributed by atoms with Crippen LogP contribution in [0.3, 0.4) is 0 Å². The monoisotopic (exact) mass is 543 g/mol. The van der Waals surface area contributed by atoms with Crippen molar-refractivity contribution < 1.29 is 17.7 Å². The van der Waals surface area contributed by atoms with Crippen molar-refractivity contribution in [2.75, 3.05) is 32.5 Å². The standard InChI is InChI=1S/C18H33N5O4S.HI/c1-4-16-15(17(5-2)27-23-16)13-21-18(19-3)20-9-11-28(24,25)22-12-14-8-6-7-10-26-14;/h14,22H,4-13H2,1-3H3,(H2,19,20,21);1H. The Balaban J connectivity index is 0.00000420. The lowest BCUT2D eigenvalue weighted by atomic mass is 10.1. The van der Waals surface area contributed by atoms with Crippen LogP contribution in [0.4, 0.5) is 0 Å². The Morgan fingerprint density at radius 1 is 1.24 bits per heavy atom. The van der Waals surface area contributed by atoms with Crippen molar-refractivity contribution in [2.45, 2.75) is 58.6 Å². The third kappa shape index (κ3) is 8.77. The van der Waals surface area contributed by atoms with E-state index in [1.165, 1.54) is 0 Å². The van der Waals surface area contributed by atoms with Crippen molar-refractivity contribution >= 4 is 40.0 Å². The molecule has 0 amide bonds. The molecular formula is C18H34IN5O4S. The van der Waals surface area contributed by atoms with Gasteiger partial charge in [0.15, 0.2) is 5.96 Å². The Labute approximate surface area is 190 Å². The Bertz CT molecular complexity index is 711. The van der Waals surface area contributed by atoms with E-state index >= 15 is 0 Å². The second kappa shape index (κ2) is 13.4. The number of sulfonamides is 1. The van der Waals surface area contributed by atoms with Gasteiger partial charge in [-0.25, -0.2) is 13.1 Å². The van der Waals surface area contributed by atoms with Crippen LogP contribution in [0.15, 0.2) is 9.52 Å². The molecule has 9 nitrogen and oxygen atoms in total. The number of aryl methyl sites for hydroxylation is 2. The Kier molecular flexibility index (Phi) is 12.1. The Morgan fingerprint density at radius 2 is 2.03 bits per heavy atom. The van der Waals surface area contributed by atoms with E-state index in [9.17, 15) is 8.42 Å². The molecule has 0 bridgehead atoms. The number of aromatic nitrogens is 1. The molecule has 1 fully saturated rings. The summed E-state index contributed by atoms with van der Waals surface area (Å²) in [5, 5.41) is 10.3. The van der Waals surface area contributed by atoms with Gasteiger partial charge in [-0.3, -0.25) is 4.99 Å². The van der Waals surface area contributed by atoms with Crippen LogP contribution in [0, 0.1) is 0 Å². The van der Waals surface area contributed by atoms with E-state index in [0.717, 1.165) is 49.1 Å². The smallest absolute Gasteiger partial charge is 0.213 e. The number of nitrogens with zero attached hydrogens (tertiary/aromatic N) is 2. The number of halogens is 1. The minimum atomic E-state index is -3.36. The molecule has 0 spiro atoms. The average molecular weight is 543 g/mol. The van der Waals surface area contributed by atoms with Gasteiger partial charge in [-0.15, -0.1) is 24.0 Å². The summed E-state index contributed by atoms with van der Waals surface area (Å²) >= 11 is 0. The lowest BCUT2D eigenvalue weighted by Crippen LogP contribution is -2.42. The maximum Gasteiger partial charge on any atom is 0.213 e. The fourth-order valence-electron chi connectivity index (χ4n) is 3.09. The van der Waals surface area contributed by atoms with E-state index in [1.54, 1.807) is 7.05 Å². The third-order valence-electron chi connectivity index (χ3n) is 4.73. The molecule has 0 radical (unpaired) electrons. The average Bonchev–Trinajstić information content (AvgIpc) is 3.11. The van der Waals surface area contributed by atoms with Crippen LogP contribution < -0.4 is 15.4 Å². The van der Waals surface area contributed by atoms with Gasteiger partial charge < -0.3 is 19.9 Å². The van der Waals surface area contributed by atoms with Gasteiger partial charge in [0.1, 0.15) is 5.76 Å². The highest BCUT2D eigenvalue weighted by Crippen LogP contribution is 2.15. The number of ether oxygens (including phenoxy) is 1. The minimum Gasteiger partial charge on any atom is -0.377 e. The fraction of sp³-hybridized carbons (Fsp3) is 0.778. The first-order chi connectivity index (χ1) is 13.5. The summed E-state index contributed by atoms with van der Waals surface area (Å²) in [6.07, 6.45) is 4.58. The molecule has 0 saturated carbocycles. The molecule has 1 saturated heterocycles. The van der Waals surface area contributed by atoms with Crippen LogP contribution in [-0.2, 0) is 34.1 Å². The van der Waals surface area contributed by atoms with E-state index in [4.69, 9.17) is 9.26 Å². The van der Waals surface area contributed by atoms with Crippen molar-refractivity contribution in [3.63, 3.8) is 0 Å². The Hall–Kier alpha value is -0.920. The molecule has 2 heterocycles. The summed E-state index contributed by atoms with van der Waals surface area (Å²) in [7, 11) is -1.71. The van der Waals surface area contributed by atoms with Crippen LogP contribution >= 0.6 is 24.0 Å². The van der Waals surface area contributed by atoms with Crippen LogP contribution in [0.1, 0.15) is 50.1 Å². The SMILES string of the molecule is CCc1noc(CC)c1CNC(=NC)NCCS(=O)(=O)NCC1CCCCO1.I. The normalized spacial score (nSPS) is 17.6. The van der Waals surface area contributed by atoms with Crippen LogP contribution in [0.25, 0.3) is 0 Å². The number of guanidine groups is 1. The van der Waals surface area contributed by atoms with Gasteiger partial charge in [0.25, 0.3) is 0 Å². The topological polar surface area (TPSA) is 118 Å². The van der Waals surface area contributed by atoms with Crippen LogP contribution in [-0.4, -0.2) is 58.1 Å². The Morgan fingerprint density at radius 3 is 2.66 bits per heavy atom. The van der Waals surface area contributed by atoms with Gasteiger partial charge in [0.2, 0.25) is 10.0 Å². The summed E-state index contributed by atoms with van der Waals surface area (Å²) in [6.45, 7) is 5.88. The van der Waals surface area contributed by atoms with Gasteiger partial charge in [-0.2, -0.15) is 0 Å². The molecule has 1 aromatic rings. The molecule has 168 valence electrons. The first-order valence-corrected chi connectivity index (χ1v) is 11.6. The van der Waals surface area contributed by atoms with Crippen molar-refractivity contribution in [1.29, 1.82) is 0 Å². The molecule has 1 aliphatic heterocycles. The highest BCUT2D eigenvalue weighted by Gasteiger charge is 2.18. The quantitative estimate of drug-likeness (QED) is 0.233. The zero-order chi connectivity index (χ0) is 20.4. The molecule has 0 aliphatic carbocycles. The molecular weight excluding hydrogens is 509 g/mol. The molecule has 3 N–H and O–H groups in total. The summed E-state index contributed by atoms with van der Waals surface area (Å²) in [5.41, 5.74) is 1.96. The van der Waals surface area contributed by atoms with Crippen molar-refractivity contribution in [3.8, 4) is 0 Å². The first-order valence-electron chi connectivity index (χ1n) is 9.98. The molecule has 1 atom stereocenters. The molecule has 2 rings (SSSR count). The number of nitrogens with one attached hydrogen (secondary N) is 3. The largest absolute Gasteiger partial charge is 0.377 e. The zero-order valence-electron chi connectivity index (χ0n) is 17.5. The summed E-state index contributed by atoms with van der Waals surface area (Å²) < 4.78 is 37.9. The lowest BCUT2D eigenvalue weighted by molar-refractivity contribution is 0.0200. The summed E-state index contributed by atoms with van der Waals surface area (Å²) in [4.78, 5) is 4.15. The van der Waals surface area contributed by atoms with Gasteiger partial charge in [-0.1, -0.05) is 19.0 Å². The first kappa shape index (κ1) is 26.1. The number of rotatable bonds is 10. The number of hydrogen-bond donors (Lipinski definition) is 3. The molecule has 0 aromatic carbocycles. The van der Waals surface area contributed by atoms with E-state index in [-0.39, 0.29) is 42.4 Å². The van der Waals surface area contributed by atoms with Crippen LogP contribution in [0.5, 0.6) is 0 Å². The number of aliphatic imine (C=N–C) groups is 1. The van der Waals surface area contributed by atoms with Crippen LogP contribution in [0.2, 0.25) is 0 Å². The molecule has 29 heavy (non-hydrogen) atoms. The van der Waals surface area contributed by atoms with E-state index in [1.807, 2.05) is 13.8 Å². The minimum absolute atomic E-state index is 0. The van der Waals surface area contributed by atoms with Crippen molar-refractivity contribution in [2.24, 2.45) is 4.99 Å². The third-order valence-corrected chi connectivity index (χ3v) is 6.08. The second-order valence-corrected chi connectivity index (χ2v) is 8.67. The van der Waals surface area contributed by atoms with E-state index in [0.29, 0.717) is 25.7 Å². The van der Waals surface area contributed by atoms with Gasteiger partial charge in [-0.05, 0) is 25.7 Å². The lowest BCUT2D eigenvalue weighted by Gasteiger charge is -2.22. The molecule has 1 aliphatic rings. The van der Waals surface area contributed by atoms with E-state index in [2.05, 4.69) is 25.5 Å². The van der Waals surface area contributed by atoms with E-state index < -0.39 is 10.0 Å². The highest BCUT2D eigenvalue weighted by atomic mass is 127. The molecule has 1 unspecified atom stereocenters. The van der Waals surface area contributed by atoms with Gasteiger partial charge >= 0.3 is 0 Å².